The highest BCUT2D eigenvalue weighted by atomic mass is 127. The van der Waals surface area contributed by atoms with E-state index in [0.29, 0.717) is 31.2 Å². The van der Waals surface area contributed by atoms with Crippen molar-refractivity contribution in [1.29, 1.82) is 0 Å². The van der Waals surface area contributed by atoms with Crippen molar-refractivity contribution in [1.82, 2.24) is 10.6 Å². The maximum absolute atomic E-state index is 13.5. The number of nitrogens with one attached hydrogen (secondary N) is 2. The third-order valence-electron chi connectivity index (χ3n) is 5.09. The molecule has 0 saturated heterocycles. The highest BCUT2D eigenvalue weighted by Crippen LogP contribution is 2.47. The van der Waals surface area contributed by atoms with E-state index in [2.05, 4.69) is 15.6 Å². The lowest BCUT2D eigenvalue weighted by molar-refractivity contribution is 0.406. The summed E-state index contributed by atoms with van der Waals surface area (Å²) in [4.78, 5) is 4.25. The summed E-state index contributed by atoms with van der Waals surface area (Å²) in [6.45, 7) is 1.34. The van der Waals surface area contributed by atoms with Crippen LogP contribution in [0.5, 0.6) is 11.5 Å². The second kappa shape index (κ2) is 9.95. The van der Waals surface area contributed by atoms with Gasteiger partial charge in [0.15, 0.2) is 5.96 Å². The summed E-state index contributed by atoms with van der Waals surface area (Å²) in [5.74, 6) is 1.36. The summed E-state index contributed by atoms with van der Waals surface area (Å²) in [5.41, 5.74) is 1.87. The van der Waals surface area contributed by atoms with Gasteiger partial charge in [0.25, 0.3) is 0 Å². The molecule has 1 fully saturated rings. The number of benzene rings is 2. The van der Waals surface area contributed by atoms with E-state index in [1.807, 2.05) is 18.2 Å². The first-order valence-corrected chi connectivity index (χ1v) is 9.13. The molecule has 0 bridgehead atoms. The van der Waals surface area contributed by atoms with E-state index in [1.54, 1.807) is 32.4 Å². The molecule has 3 N–H and O–H groups in total. The third kappa shape index (κ3) is 5.50. The number of methoxy groups -OCH3 is 1. The first-order chi connectivity index (χ1) is 13.1. The first kappa shape index (κ1) is 22.3. The van der Waals surface area contributed by atoms with Crippen LogP contribution >= 0.6 is 24.0 Å². The number of aliphatic imine (C=N–C) groups is 1. The zero-order chi connectivity index (χ0) is 19.3. The van der Waals surface area contributed by atoms with Crippen LogP contribution in [0, 0.1) is 5.82 Å². The first-order valence-electron chi connectivity index (χ1n) is 9.13. The molecular weight excluding hydrogens is 472 g/mol. The van der Waals surface area contributed by atoms with Crippen LogP contribution in [-0.4, -0.2) is 38.3 Å². The van der Waals surface area contributed by atoms with Gasteiger partial charge in [0, 0.05) is 31.6 Å². The molecule has 7 heteroatoms. The van der Waals surface area contributed by atoms with E-state index in [9.17, 15) is 9.50 Å². The lowest BCUT2D eigenvalue weighted by Crippen LogP contribution is -2.42. The van der Waals surface area contributed by atoms with E-state index >= 15 is 0 Å². The summed E-state index contributed by atoms with van der Waals surface area (Å²) in [7, 11) is 3.30. The summed E-state index contributed by atoms with van der Waals surface area (Å²) < 4.78 is 18.6. The largest absolute Gasteiger partial charge is 0.508 e. The molecule has 2 aromatic carbocycles. The van der Waals surface area contributed by atoms with Gasteiger partial charge in [0.1, 0.15) is 17.3 Å². The van der Waals surface area contributed by atoms with Gasteiger partial charge in [-0.1, -0.05) is 18.2 Å². The van der Waals surface area contributed by atoms with Gasteiger partial charge < -0.3 is 20.5 Å². The molecule has 0 amide bonds. The van der Waals surface area contributed by atoms with Gasteiger partial charge in [-0.15, -0.1) is 24.0 Å². The van der Waals surface area contributed by atoms with Crippen LogP contribution in [0.4, 0.5) is 4.39 Å². The molecule has 1 saturated carbocycles. The molecule has 0 aliphatic heterocycles. The number of rotatable bonds is 7. The molecule has 5 nitrogen and oxygen atoms in total. The Morgan fingerprint density at radius 3 is 2.61 bits per heavy atom. The Morgan fingerprint density at radius 2 is 2.00 bits per heavy atom. The fourth-order valence-corrected chi connectivity index (χ4v) is 3.21. The van der Waals surface area contributed by atoms with Crippen LogP contribution in [0.1, 0.15) is 24.0 Å². The van der Waals surface area contributed by atoms with Gasteiger partial charge in [-0.05, 0) is 48.6 Å². The van der Waals surface area contributed by atoms with Gasteiger partial charge in [-0.2, -0.15) is 0 Å². The smallest absolute Gasteiger partial charge is 0.191 e. The van der Waals surface area contributed by atoms with E-state index in [4.69, 9.17) is 4.74 Å². The maximum atomic E-state index is 13.5. The van der Waals surface area contributed by atoms with Crippen LogP contribution in [0.15, 0.2) is 47.5 Å². The minimum Gasteiger partial charge on any atom is -0.508 e. The van der Waals surface area contributed by atoms with Crippen LogP contribution in [0.3, 0.4) is 0 Å². The van der Waals surface area contributed by atoms with Crippen molar-refractivity contribution >= 4 is 29.9 Å². The second-order valence-corrected chi connectivity index (χ2v) is 6.89. The monoisotopic (exact) mass is 499 g/mol. The number of aromatic hydroxyl groups is 1. The average Bonchev–Trinajstić information content (AvgIpc) is 3.46. The molecular formula is C21H27FIN3O2. The Labute approximate surface area is 182 Å². The van der Waals surface area contributed by atoms with E-state index in [1.165, 1.54) is 6.07 Å². The predicted molar refractivity (Wildman–Crippen MR) is 120 cm³/mol. The fourth-order valence-electron chi connectivity index (χ4n) is 3.21. The minimum absolute atomic E-state index is 0. The lowest BCUT2D eigenvalue weighted by atomic mass is 9.96. The van der Waals surface area contributed by atoms with Crippen molar-refractivity contribution < 1.29 is 14.2 Å². The number of hydrogen-bond acceptors (Lipinski definition) is 3. The van der Waals surface area contributed by atoms with E-state index in [-0.39, 0.29) is 41.0 Å². The zero-order valence-electron chi connectivity index (χ0n) is 16.2. The van der Waals surface area contributed by atoms with Gasteiger partial charge >= 0.3 is 0 Å². The van der Waals surface area contributed by atoms with Gasteiger partial charge in [-0.25, -0.2) is 4.39 Å². The molecule has 1 aliphatic carbocycles. The van der Waals surface area contributed by atoms with E-state index < -0.39 is 0 Å². The number of phenolic OH excluding ortho intramolecular Hbond substituents is 1. The second-order valence-electron chi connectivity index (χ2n) is 6.89. The molecule has 0 spiro atoms. The Hall–Kier alpha value is -2.03. The van der Waals surface area contributed by atoms with Crippen LogP contribution in [0.25, 0.3) is 0 Å². The standard InChI is InChI=1S/C21H26FN3O2.HI/c1-23-20(24-11-8-15-6-7-18(27-2)13-19(15)26)25-14-21(9-10-21)16-4-3-5-17(22)12-16;/h3-7,12-13,26H,8-11,14H2,1-2H3,(H2,23,24,25);1H. The number of hydrogen-bond donors (Lipinski definition) is 3. The highest BCUT2D eigenvalue weighted by molar-refractivity contribution is 14.0. The van der Waals surface area contributed by atoms with E-state index in [0.717, 1.165) is 24.0 Å². The van der Waals surface area contributed by atoms with Crippen LogP contribution < -0.4 is 15.4 Å². The van der Waals surface area contributed by atoms with Crippen LogP contribution in [0.2, 0.25) is 0 Å². The SMILES string of the molecule is CN=C(NCCc1ccc(OC)cc1O)NCC1(c2cccc(F)c2)CC1.I. The quantitative estimate of drug-likeness (QED) is 0.310. The number of phenols is 1. The average molecular weight is 499 g/mol. The summed E-state index contributed by atoms with van der Waals surface area (Å²) in [6.07, 6.45) is 2.74. The van der Waals surface area contributed by atoms with Crippen LogP contribution in [-0.2, 0) is 11.8 Å². The normalized spacial score (nSPS) is 14.8. The molecule has 2 aromatic rings. The fraction of sp³-hybridized carbons (Fsp3) is 0.381. The lowest BCUT2D eigenvalue weighted by Gasteiger charge is -2.19. The highest BCUT2D eigenvalue weighted by Gasteiger charge is 2.44. The van der Waals surface area contributed by atoms with Gasteiger partial charge in [0.2, 0.25) is 0 Å². The predicted octanol–water partition coefficient (Wildman–Crippen LogP) is 3.60. The van der Waals surface area contributed by atoms with Crippen molar-refractivity contribution in [3.63, 3.8) is 0 Å². The zero-order valence-corrected chi connectivity index (χ0v) is 18.5. The molecule has 0 aromatic heterocycles. The van der Waals surface area contributed by atoms with Gasteiger partial charge in [0.05, 0.1) is 7.11 Å². The molecule has 28 heavy (non-hydrogen) atoms. The molecule has 0 radical (unpaired) electrons. The van der Waals surface area contributed by atoms with Crippen molar-refractivity contribution in [2.75, 3.05) is 27.2 Å². The Bertz CT molecular complexity index is 825. The molecule has 0 unspecified atom stereocenters. The Balaban J connectivity index is 0.00000280. The Kier molecular flexibility index (Phi) is 7.91. The van der Waals surface area contributed by atoms with Crippen molar-refractivity contribution in [3.8, 4) is 11.5 Å². The summed E-state index contributed by atoms with van der Waals surface area (Å²) in [6, 6.07) is 12.1. The van der Waals surface area contributed by atoms with Crippen molar-refractivity contribution in [2.24, 2.45) is 4.99 Å². The maximum Gasteiger partial charge on any atom is 0.191 e. The molecule has 152 valence electrons. The number of nitrogens with zero attached hydrogens (tertiary/aromatic N) is 1. The summed E-state index contributed by atoms with van der Waals surface area (Å²) in [5, 5.41) is 16.6. The molecule has 1 aliphatic rings. The van der Waals surface area contributed by atoms with Crippen molar-refractivity contribution in [2.45, 2.75) is 24.7 Å². The Morgan fingerprint density at radius 1 is 1.21 bits per heavy atom. The summed E-state index contributed by atoms with van der Waals surface area (Å²) >= 11 is 0. The van der Waals surface area contributed by atoms with Crippen molar-refractivity contribution in [3.05, 3.63) is 59.4 Å². The molecule has 0 heterocycles. The topological polar surface area (TPSA) is 65.9 Å². The number of halogens is 2. The molecule has 0 atom stereocenters. The molecule has 3 rings (SSSR count). The van der Waals surface area contributed by atoms with Gasteiger partial charge in [-0.3, -0.25) is 4.99 Å². The number of guanidine groups is 1. The third-order valence-corrected chi connectivity index (χ3v) is 5.09. The number of ether oxygens (including phenoxy) is 1. The minimum atomic E-state index is -0.194.